The highest BCUT2D eigenvalue weighted by Crippen LogP contribution is 2.40. The van der Waals surface area contributed by atoms with Gasteiger partial charge in [-0.25, -0.2) is 0 Å². The molecule has 98 valence electrons. The molecule has 0 amide bonds. The molecule has 0 fully saturated rings. The normalized spacial score (nSPS) is 21.4. The van der Waals surface area contributed by atoms with Crippen molar-refractivity contribution >= 4 is 5.57 Å². The molecular formula is C14H20N2O2. The van der Waals surface area contributed by atoms with Crippen molar-refractivity contribution in [3.05, 3.63) is 42.0 Å². The maximum absolute atomic E-state index is 6.02. The van der Waals surface area contributed by atoms with Crippen molar-refractivity contribution < 1.29 is 9.47 Å². The van der Waals surface area contributed by atoms with Crippen LogP contribution in [0.15, 0.2) is 36.4 Å². The molecule has 4 N–H and O–H groups in total. The zero-order valence-corrected chi connectivity index (χ0v) is 10.8. The molecule has 1 aromatic carbocycles. The SMILES string of the molecule is COC1(OC)CC(N)(N)CC=C1c1ccccc1. The summed E-state index contributed by atoms with van der Waals surface area (Å²) in [6, 6.07) is 10.00. The second-order valence-corrected chi connectivity index (χ2v) is 4.76. The lowest BCUT2D eigenvalue weighted by atomic mass is 9.82. The Labute approximate surface area is 108 Å². The molecule has 0 radical (unpaired) electrons. The Morgan fingerprint density at radius 1 is 1.06 bits per heavy atom. The summed E-state index contributed by atoms with van der Waals surface area (Å²) in [5, 5.41) is 0. The number of benzene rings is 1. The third-order valence-corrected chi connectivity index (χ3v) is 3.40. The molecule has 0 saturated heterocycles. The van der Waals surface area contributed by atoms with Crippen LogP contribution in [0.5, 0.6) is 0 Å². The average Bonchev–Trinajstić information content (AvgIpc) is 2.38. The highest BCUT2D eigenvalue weighted by Gasteiger charge is 2.44. The van der Waals surface area contributed by atoms with E-state index in [1.54, 1.807) is 14.2 Å². The highest BCUT2D eigenvalue weighted by molar-refractivity contribution is 5.72. The van der Waals surface area contributed by atoms with Crippen LogP contribution in [0.25, 0.3) is 5.57 Å². The van der Waals surface area contributed by atoms with Gasteiger partial charge in [-0.05, 0) is 12.0 Å². The summed E-state index contributed by atoms with van der Waals surface area (Å²) in [7, 11) is 3.23. The third kappa shape index (κ3) is 2.33. The van der Waals surface area contributed by atoms with Crippen LogP contribution in [0.3, 0.4) is 0 Å². The Balaban J connectivity index is 2.47. The number of hydrogen-bond donors (Lipinski definition) is 2. The molecule has 0 aliphatic heterocycles. The summed E-state index contributed by atoms with van der Waals surface area (Å²) >= 11 is 0. The third-order valence-electron chi connectivity index (χ3n) is 3.40. The van der Waals surface area contributed by atoms with E-state index in [2.05, 4.69) is 0 Å². The molecule has 0 aromatic heterocycles. The number of rotatable bonds is 3. The van der Waals surface area contributed by atoms with Crippen molar-refractivity contribution in [3.8, 4) is 0 Å². The number of ether oxygens (including phenoxy) is 2. The van der Waals surface area contributed by atoms with E-state index in [4.69, 9.17) is 20.9 Å². The van der Waals surface area contributed by atoms with Crippen LogP contribution in [-0.4, -0.2) is 25.7 Å². The lowest BCUT2D eigenvalue weighted by Gasteiger charge is -2.42. The van der Waals surface area contributed by atoms with Crippen LogP contribution in [0.4, 0.5) is 0 Å². The monoisotopic (exact) mass is 248 g/mol. The van der Waals surface area contributed by atoms with E-state index >= 15 is 0 Å². The number of methoxy groups -OCH3 is 2. The molecule has 18 heavy (non-hydrogen) atoms. The Morgan fingerprint density at radius 3 is 2.22 bits per heavy atom. The fourth-order valence-corrected chi connectivity index (χ4v) is 2.45. The van der Waals surface area contributed by atoms with Gasteiger partial charge in [0.25, 0.3) is 0 Å². The van der Waals surface area contributed by atoms with Crippen molar-refractivity contribution in [2.24, 2.45) is 11.5 Å². The quantitative estimate of drug-likeness (QED) is 0.795. The van der Waals surface area contributed by atoms with E-state index in [1.165, 1.54) is 0 Å². The van der Waals surface area contributed by atoms with Crippen LogP contribution >= 0.6 is 0 Å². The first-order valence-corrected chi connectivity index (χ1v) is 5.97. The van der Waals surface area contributed by atoms with E-state index in [0.29, 0.717) is 12.8 Å². The van der Waals surface area contributed by atoms with Gasteiger partial charge in [0.2, 0.25) is 0 Å². The standard InChI is InChI=1S/C14H20N2O2/c1-17-14(18-2)10-13(15,16)9-8-12(14)11-6-4-3-5-7-11/h3-8H,9-10,15-16H2,1-2H3. The number of hydrogen-bond acceptors (Lipinski definition) is 4. The minimum Gasteiger partial charge on any atom is -0.349 e. The van der Waals surface area contributed by atoms with Gasteiger partial charge in [0.15, 0.2) is 5.79 Å². The van der Waals surface area contributed by atoms with Gasteiger partial charge in [0, 0.05) is 26.2 Å². The molecule has 0 spiro atoms. The first kappa shape index (κ1) is 13.2. The van der Waals surface area contributed by atoms with Crippen LogP contribution in [-0.2, 0) is 9.47 Å². The minimum atomic E-state index is -0.872. The topological polar surface area (TPSA) is 70.5 Å². The van der Waals surface area contributed by atoms with E-state index in [9.17, 15) is 0 Å². The zero-order chi connectivity index (χ0) is 13.2. The predicted molar refractivity (Wildman–Crippen MR) is 71.5 cm³/mol. The molecule has 0 bridgehead atoms. The molecule has 1 aliphatic carbocycles. The van der Waals surface area contributed by atoms with Crippen molar-refractivity contribution in [1.29, 1.82) is 0 Å². The summed E-state index contributed by atoms with van der Waals surface area (Å²) in [5.74, 6) is -0.872. The number of nitrogens with two attached hydrogens (primary N) is 2. The molecule has 1 aliphatic rings. The van der Waals surface area contributed by atoms with Crippen molar-refractivity contribution in [2.45, 2.75) is 24.3 Å². The second-order valence-electron chi connectivity index (χ2n) is 4.76. The Hall–Kier alpha value is -1.20. The molecule has 2 rings (SSSR count). The van der Waals surface area contributed by atoms with Crippen molar-refractivity contribution in [1.82, 2.24) is 0 Å². The van der Waals surface area contributed by atoms with Gasteiger partial charge in [-0.1, -0.05) is 36.4 Å². The van der Waals surface area contributed by atoms with Crippen LogP contribution in [0.1, 0.15) is 18.4 Å². The molecule has 0 unspecified atom stereocenters. The Morgan fingerprint density at radius 2 is 1.67 bits per heavy atom. The fourth-order valence-electron chi connectivity index (χ4n) is 2.45. The molecule has 0 atom stereocenters. The first-order chi connectivity index (χ1) is 8.53. The molecule has 0 saturated carbocycles. The van der Waals surface area contributed by atoms with Gasteiger partial charge < -0.3 is 20.9 Å². The molecule has 1 aromatic rings. The van der Waals surface area contributed by atoms with Crippen LogP contribution in [0.2, 0.25) is 0 Å². The summed E-state index contributed by atoms with van der Waals surface area (Å²) in [6.45, 7) is 0. The van der Waals surface area contributed by atoms with Crippen molar-refractivity contribution in [3.63, 3.8) is 0 Å². The van der Waals surface area contributed by atoms with Gasteiger partial charge >= 0.3 is 0 Å². The summed E-state index contributed by atoms with van der Waals surface area (Å²) < 4.78 is 11.2. The largest absolute Gasteiger partial charge is 0.349 e. The van der Waals surface area contributed by atoms with E-state index < -0.39 is 11.4 Å². The van der Waals surface area contributed by atoms with E-state index in [-0.39, 0.29) is 0 Å². The van der Waals surface area contributed by atoms with E-state index in [1.807, 2.05) is 36.4 Å². The van der Waals surface area contributed by atoms with Gasteiger partial charge in [0.05, 0.1) is 5.66 Å². The maximum atomic E-state index is 6.02. The molecule has 4 heteroatoms. The summed E-state index contributed by atoms with van der Waals surface area (Å²) in [6.07, 6.45) is 3.03. The Bertz CT molecular complexity index is 436. The van der Waals surface area contributed by atoms with Gasteiger partial charge in [-0.3, -0.25) is 0 Å². The molecular weight excluding hydrogens is 228 g/mol. The lowest BCUT2D eigenvalue weighted by molar-refractivity contribution is -0.177. The van der Waals surface area contributed by atoms with Crippen molar-refractivity contribution in [2.75, 3.05) is 14.2 Å². The fraction of sp³-hybridized carbons (Fsp3) is 0.429. The summed E-state index contributed by atoms with van der Waals surface area (Å²) in [4.78, 5) is 0. The Kier molecular flexibility index (Phi) is 3.54. The van der Waals surface area contributed by atoms with Gasteiger partial charge in [-0.15, -0.1) is 0 Å². The molecule has 4 nitrogen and oxygen atoms in total. The zero-order valence-electron chi connectivity index (χ0n) is 10.8. The summed E-state index contributed by atoms with van der Waals surface area (Å²) in [5.41, 5.74) is 13.3. The van der Waals surface area contributed by atoms with Crippen LogP contribution < -0.4 is 11.5 Å². The van der Waals surface area contributed by atoms with Crippen LogP contribution in [0, 0.1) is 0 Å². The first-order valence-electron chi connectivity index (χ1n) is 5.97. The van der Waals surface area contributed by atoms with Gasteiger partial charge in [-0.2, -0.15) is 0 Å². The minimum absolute atomic E-state index is 0.424. The maximum Gasteiger partial charge on any atom is 0.197 e. The second kappa shape index (κ2) is 4.82. The molecule has 0 heterocycles. The van der Waals surface area contributed by atoms with Gasteiger partial charge in [0.1, 0.15) is 0 Å². The predicted octanol–water partition coefficient (Wildman–Crippen LogP) is 1.47. The smallest absolute Gasteiger partial charge is 0.197 e. The lowest BCUT2D eigenvalue weighted by Crippen LogP contribution is -2.58. The highest BCUT2D eigenvalue weighted by atomic mass is 16.7. The van der Waals surface area contributed by atoms with E-state index in [0.717, 1.165) is 11.1 Å². The average molecular weight is 248 g/mol.